The van der Waals surface area contributed by atoms with Crippen molar-refractivity contribution in [1.82, 2.24) is 10.6 Å². The molecular formula is C7H16N2O. The molecule has 0 aliphatic carbocycles. The molecule has 2 N–H and O–H groups in total. The maximum Gasteiger partial charge on any atom is 0.224 e. The van der Waals surface area contributed by atoms with E-state index in [-0.39, 0.29) is 17.9 Å². The zero-order valence-electron chi connectivity index (χ0n) is 7.06. The standard InChI is InChI=1S/C7H16N2O/c1-5(6(2)8-3)7(10)9-4/h5-6,8H,1-4H3,(H,9,10). The first kappa shape index (κ1) is 9.43. The number of carbonyl (C=O) groups excluding carboxylic acids is 1. The molecule has 0 aliphatic rings. The highest BCUT2D eigenvalue weighted by atomic mass is 16.1. The van der Waals surface area contributed by atoms with Gasteiger partial charge in [-0.3, -0.25) is 4.79 Å². The Labute approximate surface area is 62.2 Å². The van der Waals surface area contributed by atoms with Gasteiger partial charge in [0, 0.05) is 13.1 Å². The lowest BCUT2D eigenvalue weighted by atomic mass is 10.0. The van der Waals surface area contributed by atoms with Crippen LogP contribution in [0.2, 0.25) is 0 Å². The van der Waals surface area contributed by atoms with Crippen molar-refractivity contribution in [2.75, 3.05) is 14.1 Å². The minimum Gasteiger partial charge on any atom is -0.359 e. The van der Waals surface area contributed by atoms with Crippen LogP contribution in [0.15, 0.2) is 0 Å². The van der Waals surface area contributed by atoms with Gasteiger partial charge in [-0.15, -0.1) is 0 Å². The van der Waals surface area contributed by atoms with Crippen LogP contribution in [0.3, 0.4) is 0 Å². The lowest BCUT2D eigenvalue weighted by Gasteiger charge is -2.16. The molecule has 0 saturated heterocycles. The molecule has 2 unspecified atom stereocenters. The minimum absolute atomic E-state index is 0.0370. The van der Waals surface area contributed by atoms with E-state index < -0.39 is 0 Å². The van der Waals surface area contributed by atoms with Gasteiger partial charge in [0.2, 0.25) is 5.91 Å². The molecule has 0 aromatic rings. The molecule has 3 nitrogen and oxygen atoms in total. The average molecular weight is 144 g/mol. The van der Waals surface area contributed by atoms with Crippen LogP contribution in [0.1, 0.15) is 13.8 Å². The molecule has 10 heavy (non-hydrogen) atoms. The van der Waals surface area contributed by atoms with E-state index in [1.165, 1.54) is 0 Å². The summed E-state index contributed by atoms with van der Waals surface area (Å²) in [6.07, 6.45) is 0. The number of nitrogens with one attached hydrogen (secondary N) is 2. The summed E-state index contributed by atoms with van der Waals surface area (Å²) in [6.45, 7) is 3.89. The summed E-state index contributed by atoms with van der Waals surface area (Å²) in [5, 5.41) is 5.62. The third-order valence-corrected chi connectivity index (χ3v) is 1.87. The molecule has 0 bridgehead atoms. The predicted octanol–water partition coefficient (Wildman–Crippen LogP) is -0.0236. The van der Waals surface area contributed by atoms with Gasteiger partial charge in [-0.05, 0) is 14.0 Å². The summed E-state index contributed by atoms with van der Waals surface area (Å²) >= 11 is 0. The first-order valence-electron chi connectivity index (χ1n) is 3.52. The van der Waals surface area contributed by atoms with Crippen molar-refractivity contribution in [2.24, 2.45) is 5.92 Å². The normalized spacial score (nSPS) is 16.0. The molecule has 0 rings (SSSR count). The minimum atomic E-state index is 0.0370. The first-order chi connectivity index (χ1) is 4.63. The van der Waals surface area contributed by atoms with Crippen molar-refractivity contribution >= 4 is 5.91 Å². The van der Waals surface area contributed by atoms with Gasteiger partial charge in [0.1, 0.15) is 0 Å². The van der Waals surface area contributed by atoms with Gasteiger partial charge in [0.25, 0.3) is 0 Å². The van der Waals surface area contributed by atoms with E-state index in [1.807, 2.05) is 20.9 Å². The molecule has 0 aliphatic heterocycles. The van der Waals surface area contributed by atoms with E-state index >= 15 is 0 Å². The van der Waals surface area contributed by atoms with Gasteiger partial charge in [-0.25, -0.2) is 0 Å². The Hall–Kier alpha value is -0.570. The van der Waals surface area contributed by atoms with Crippen LogP contribution in [0.5, 0.6) is 0 Å². The lowest BCUT2D eigenvalue weighted by molar-refractivity contribution is -0.124. The maximum atomic E-state index is 11.0. The van der Waals surface area contributed by atoms with Gasteiger partial charge < -0.3 is 10.6 Å². The van der Waals surface area contributed by atoms with Crippen molar-refractivity contribution < 1.29 is 4.79 Å². The summed E-state index contributed by atoms with van der Waals surface area (Å²) in [7, 11) is 3.51. The van der Waals surface area contributed by atoms with E-state index in [0.29, 0.717) is 0 Å². The molecule has 3 heteroatoms. The molecule has 0 saturated carbocycles. The Morgan fingerprint density at radius 2 is 1.80 bits per heavy atom. The molecule has 60 valence electrons. The Bertz CT molecular complexity index is 114. The van der Waals surface area contributed by atoms with E-state index in [2.05, 4.69) is 10.6 Å². The van der Waals surface area contributed by atoms with Crippen molar-refractivity contribution in [2.45, 2.75) is 19.9 Å². The highest BCUT2D eigenvalue weighted by molar-refractivity contribution is 5.78. The molecule has 0 heterocycles. The van der Waals surface area contributed by atoms with Crippen molar-refractivity contribution in [3.63, 3.8) is 0 Å². The predicted molar refractivity (Wildman–Crippen MR) is 41.8 cm³/mol. The highest BCUT2D eigenvalue weighted by Gasteiger charge is 2.16. The quantitative estimate of drug-likeness (QED) is 0.584. The summed E-state index contributed by atoms with van der Waals surface area (Å²) in [5.41, 5.74) is 0. The average Bonchev–Trinajstić information content (AvgIpc) is 2.00. The number of hydrogen-bond donors (Lipinski definition) is 2. The van der Waals surface area contributed by atoms with Crippen molar-refractivity contribution in [1.29, 1.82) is 0 Å². The zero-order chi connectivity index (χ0) is 8.15. The van der Waals surface area contributed by atoms with E-state index in [4.69, 9.17) is 0 Å². The topological polar surface area (TPSA) is 41.1 Å². The van der Waals surface area contributed by atoms with Gasteiger partial charge >= 0.3 is 0 Å². The van der Waals surface area contributed by atoms with Gasteiger partial charge in [0.15, 0.2) is 0 Å². The Balaban J connectivity index is 3.81. The third-order valence-electron chi connectivity index (χ3n) is 1.87. The summed E-state index contributed by atoms with van der Waals surface area (Å²) in [5.74, 6) is 0.122. The SMILES string of the molecule is CNC(=O)C(C)C(C)NC. The Morgan fingerprint density at radius 1 is 1.30 bits per heavy atom. The fraction of sp³-hybridized carbons (Fsp3) is 0.857. The molecule has 1 amide bonds. The number of carbonyl (C=O) groups is 1. The lowest BCUT2D eigenvalue weighted by Crippen LogP contribution is -2.38. The summed E-state index contributed by atoms with van der Waals surface area (Å²) in [6, 6.07) is 0.236. The summed E-state index contributed by atoms with van der Waals surface area (Å²) in [4.78, 5) is 11.0. The van der Waals surface area contributed by atoms with Crippen LogP contribution < -0.4 is 10.6 Å². The third kappa shape index (κ3) is 2.35. The van der Waals surface area contributed by atoms with E-state index in [1.54, 1.807) is 7.05 Å². The number of rotatable bonds is 3. The number of amides is 1. The van der Waals surface area contributed by atoms with Crippen LogP contribution in [0, 0.1) is 5.92 Å². The second-order valence-electron chi connectivity index (χ2n) is 2.48. The van der Waals surface area contributed by atoms with Gasteiger partial charge in [-0.1, -0.05) is 6.92 Å². The van der Waals surface area contributed by atoms with Crippen molar-refractivity contribution in [3.8, 4) is 0 Å². The largest absolute Gasteiger partial charge is 0.359 e. The summed E-state index contributed by atoms with van der Waals surface area (Å²) < 4.78 is 0. The Kier molecular flexibility index (Phi) is 4.03. The first-order valence-corrected chi connectivity index (χ1v) is 3.52. The van der Waals surface area contributed by atoms with Crippen LogP contribution in [0.25, 0.3) is 0 Å². The van der Waals surface area contributed by atoms with E-state index in [9.17, 15) is 4.79 Å². The molecule has 0 aromatic heterocycles. The fourth-order valence-electron chi connectivity index (χ4n) is 0.705. The molecular weight excluding hydrogens is 128 g/mol. The van der Waals surface area contributed by atoms with Gasteiger partial charge in [0.05, 0.1) is 5.92 Å². The second kappa shape index (κ2) is 4.28. The Morgan fingerprint density at radius 3 is 2.10 bits per heavy atom. The number of hydrogen-bond acceptors (Lipinski definition) is 2. The fourth-order valence-corrected chi connectivity index (χ4v) is 0.705. The molecule has 0 radical (unpaired) electrons. The molecule has 0 aromatic carbocycles. The van der Waals surface area contributed by atoms with Crippen LogP contribution in [-0.2, 0) is 4.79 Å². The van der Waals surface area contributed by atoms with Crippen LogP contribution in [-0.4, -0.2) is 26.0 Å². The zero-order valence-corrected chi connectivity index (χ0v) is 7.06. The van der Waals surface area contributed by atoms with Crippen LogP contribution >= 0.6 is 0 Å². The van der Waals surface area contributed by atoms with Crippen molar-refractivity contribution in [3.05, 3.63) is 0 Å². The molecule has 2 atom stereocenters. The monoisotopic (exact) mass is 144 g/mol. The molecule has 0 fully saturated rings. The smallest absolute Gasteiger partial charge is 0.224 e. The van der Waals surface area contributed by atoms with E-state index in [0.717, 1.165) is 0 Å². The highest BCUT2D eigenvalue weighted by Crippen LogP contribution is 2.00. The van der Waals surface area contributed by atoms with Crippen LogP contribution in [0.4, 0.5) is 0 Å². The maximum absolute atomic E-state index is 11.0. The molecule has 0 spiro atoms. The second-order valence-corrected chi connectivity index (χ2v) is 2.48. The van der Waals surface area contributed by atoms with Gasteiger partial charge in [-0.2, -0.15) is 0 Å².